The van der Waals surface area contributed by atoms with Crippen LogP contribution in [0.2, 0.25) is 0 Å². The van der Waals surface area contributed by atoms with Gasteiger partial charge in [-0.05, 0) is 57.5 Å². The Balaban J connectivity index is 1.88. The predicted molar refractivity (Wildman–Crippen MR) is 129 cm³/mol. The maximum atomic E-state index is 13.2. The molecule has 3 aromatic rings. The topological polar surface area (TPSA) is 82.6 Å². The quantitative estimate of drug-likeness (QED) is 0.286. The van der Waals surface area contributed by atoms with Gasteiger partial charge in [-0.1, -0.05) is 31.5 Å². The highest BCUT2D eigenvalue weighted by atomic mass is 16.5. The number of aromatic amines is 1. The van der Waals surface area contributed by atoms with Gasteiger partial charge in [0, 0.05) is 34.3 Å². The number of unbranched alkanes of at least 4 members (excludes halogenated alkanes) is 1. The molecule has 1 unspecified atom stereocenters. The number of fused-ring (bicyclic) bond motifs is 1. The number of carbonyl (C=O) groups is 2. The molecular weight excluding hydrogens is 416 g/mol. The zero-order chi connectivity index (χ0) is 23.7. The van der Waals surface area contributed by atoms with E-state index in [4.69, 9.17) is 4.74 Å². The number of para-hydroxylation sites is 1. The van der Waals surface area contributed by atoms with Crippen molar-refractivity contribution in [3.8, 4) is 5.75 Å². The number of carbonyl (C=O) groups excluding carboxylic acids is 2. The first-order valence-corrected chi connectivity index (χ1v) is 11.5. The summed E-state index contributed by atoms with van der Waals surface area (Å²) in [6.45, 7) is 8.31. The third-order valence-electron chi connectivity index (χ3n) is 6.01. The second kappa shape index (κ2) is 9.14. The van der Waals surface area contributed by atoms with Gasteiger partial charge in [0.1, 0.15) is 11.5 Å². The molecule has 33 heavy (non-hydrogen) atoms. The molecule has 172 valence electrons. The van der Waals surface area contributed by atoms with Gasteiger partial charge in [-0.2, -0.15) is 0 Å². The molecule has 1 aromatic heterocycles. The van der Waals surface area contributed by atoms with Crippen molar-refractivity contribution in [3.05, 3.63) is 70.9 Å². The molecule has 1 saturated heterocycles. The second-order valence-corrected chi connectivity index (χ2v) is 8.75. The van der Waals surface area contributed by atoms with Crippen LogP contribution in [0, 0.1) is 6.92 Å². The smallest absolute Gasteiger partial charge is 0.295 e. The number of aliphatic hydroxyl groups excluding tert-OH is 1. The van der Waals surface area contributed by atoms with Crippen molar-refractivity contribution < 1.29 is 19.4 Å². The van der Waals surface area contributed by atoms with E-state index in [1.54, 1.807) is 29.2 Å². The van der Waals surface area contributed by atoms with Crippen LogP contribution < -0.4 is 4.74 Å². The van der Waals surface area contributed by atoms with Gasteiger partial charge in [0.05, 0.1) is 17.7 Å². The Hall–Kier alpha value is -3.54. The molecule has 1 fully saturated rings. The number of hydrogen-bond acceptors (Lipinski definition) is 4. The Morgan fingerprint density at radius 2 is 1.82 bits per heavy atom. The van der Waals surface area contributed by atoms with E-state index in [0.29, 0.717) is 17.9 Å². The number of Topliss-reactive ketones (excluding diaryl/α,β-unsaturated/α-hetero) is 1. The molecule has 1 aliphatic rings. The van der Waals surface area contributed by atoms with E-state index in [-0.39, 0.29) is 17.4 Å². The van der Waals surface area contributed by atoms with Crippen LogP contribution in [0.1, 0.15) is 56.5 Å². The Kier molecular flexibility index (Phi) is 6.27. The van der Waals surface area contributed by atoms with Crippen molar-refractivity contribution in [2.75, 3.05) is 6.54 Å². The van der Waals surface area contributed by atoms with E-state index in [1.807, 2.05) is 52.0 Å². The summed E-state index contributed by atoms with van der Waals surface area (Å²) < 4.78 is 5.69. The van der Waals surface area contributed by atoms with Gasteiger partial charge in [-0.3, -0.25) is 9.59 Å². The second-order valence-electron chi connectivity index (χ2n) is 8.75. The summed E-state index contributed by atoms with van der Waals surface area (Å²) in [6.07, 6.45) is 1.68. The number of ether oxygens (including phenoxy) is 1. The molecule has 1 atom stereocenters. The van der Waals surface area contributed by atoms with Gasteiger partial charge >= 0.3 is 0 Å². The molecule has 0 spiro atoms. The number of aryl methyl sites for hydroxylation is 1. The first-order chi connectivity index (χ1) is 15.8. The zero-order valence-corrected chi connectivity index (χ0v) is 19.5. The van der Waals surface area contributed by atoms with Crippen molar-refractivity contribution in [1.82, 2.24) is 9.88 Å². The number of likely N-dealkylation sites (tertiary alicyclic amines) is 1. The average Bonchev–Trinajstić information content (AvgIpc) is 3.24. The number of amides is 1. The van der Waals surface area contributed by atoms with E-state index in [9.17, 15) is 14.7 Å². The molecule has 6 heteroatoms. The number of aliphatic hydroxyl groups is 1. The molecule has 0 aliphatic carbocycles. The Bertz CT molecular complexity index is 1220. The minimum Gasteiger partial charge on any atom is -0.507 e. The van der Waals surface area contributed by atoms with Gasteiger partial charge in [-0.25, -0.2) is 0 Å². The summed E-state index contributed by atoms with van der Waals surface area (Å²) in [5, 5.41) is 12.2. The normalized spacial score (nSPS) is 18.0. The predicted octanol–water partition coefficient (Wildman–Crippen LogP) is 5.49. The highest BCUT2D eigenvalue weighted by Crippen LogP contribution is 2.43. The Morgan fingerprint density at radius 1 is 1.12 bits per heavy atom. The van der Waals surface area contributed by atoms with E-state index >= 15 is 0 Å². The van der Waals surface area contributed by atoms with E-state index < -0.39 is 17.7 Å². The third-order valence-corrected chi connectivity index (χ3v) is 6.01. The maximum Gasteiger partial charge on any atom is 0.295 e. The monoisotopic (exact) mass is 446 g/mol. The van der Waals surface area contributed by atoms with Crippen molar-refractivity contribution in [2.45, 2.75) is 52.7 Å². The van der Waals surface area contributed by atoms with E-state index in [2.05, 4.69) is 4.98 Å². The number of hydrogen-bond donors (Lipinski definition) is 2. The lowest BCUT2D eigenvalue weighted by molar-refractivity contribution is -0.139. The van der Waals surface area contributed by atoms with Gasteiger partial charge in [0.15, 0.2) is 0 Å². The fourth-order valence-corrected chi connectivity index (χ4v) is 4.51. The van der Waals surface area contributed by atoms with Gasteiger partial charge < -0.3 is 19.7 Å². The van der Waals surface area contributed by atoms with Gasteiger partial charge in [-0.15, -0.1) is 0 Å². The maximum absolute atomic E-state index is 13.2. The number of nitrogens with zero attached hydrogens (tertiary/aromatic N) is 1. The summed E-state index contributed by atoms with van der Waals surface area (Å²) in [6, 6.07) is 14.1. The molecule has 2 aromatic carbocycles. The summed E-state index contributed by atoms with van der Waals surface area (Å²) in [7, 11) is 0. The van der Waals surface area contributed by atoms with Crippen molar-refractivity contribution in [2.24, 2.45) is 0 Å². The van der Waals surface area contributed by atoms with Crippen LogP contribution in [-0.2, 0) is 9.59 Å². The molecule has 1 aliphatic heterocycles. The molecule has 0 bridgehead atoms. The number of ketones is 1. The highest BCUT2D eigenvalue weighted by Gasteiger charge is 2.47. The first kappa shape index (κ1) is 22.6. The Labute approximate surface area is 193 Å². The molecule has 4 rings (SSSR count). The fraction of sp³-hybridized carbons (Fsp3) is 0.333. The van der Waals surface area contributed by atoms with Crippen molar-refractivity contribution >= 4 is 28.4 Å². The van der Waals surface area contributed by atoms with Crippen LogP contribution in [0.25, 0.3) is 16.7 Å². The van der Waals surface area contributed by atoms with Crippen molar-refractivity contribution in [3.63, 3.8) is 0 Å². The molecule has 0 saturated carbocycles. The summed E-state index contributed by atoms with van der Waals surface area (Å²) >= 11 is 0. The number of nitrogens with one attached hydrogen (secondary N) is 1. The molecule has 1 amide bonds. The minimum absolute atomic E-state index is 0.0261. The summed E-state index contributed by atoms with van der Waals surface area (Å²) in [5.74, 6) is -0.715. The third kappa shape index (κ3) is 4.13. The molecule has 0 radical (unpaired) electrons. The number of benzene rings is 2. The lowest BCUT2D eigenvalue weighted by Crippen LogP contribution is -2.30. The molecule has 2 heterocycles. The van der Waals surface area contributed by atoms with E-state index in [1.165, 1.54) is 0 Å². The molecular formula is C27H30N2O4. The number of aromatic nitrogens is 1. The zero-order valence-electron chi connectivity index (χ0n) is 19.5. The molecule has 6 nitrogen and oxygen atoms in total. The summed E-state index contributed by atoms with van der Waals surface area (Å²) in [5.41, 5.74) is 3.25. The minimum atomic E-state index is -0.653. The largest absolute Gasteiger partial charge is 0.507 e. The van der Waals surface area contributed by atoms with Gasteiger partial charge in [0.2, 0.25) is 0 Å². The fourth-order valence-electron chi connectivity index (χ4n) is 4.51. The van der Waals surface area contributed by atoms with Crippen LogP contribution in [-0.4, -0.2) is 39.3 Å². The lowest BCUT2D eigenvalue weighted by Gasteiger charge is -2.25. The first-order valence-electron chi connectivity index (χ1n) is 11.5. The highest BCUT2D eigenvalue weighted by molar-refractivity contribution is 6.46. The van der Waals surface area contributed by atoms with Crippen molar-refractivity contribution in [1.29, 1.82) is 0 Å². The number of H-pyrrole nitrogens is 1. The Morgan fingerprint density at radius 3 is 2.48 bits per heavy atom. The van der Waals surface area contributed by atoms with E-state index in [0.717, 1.165) is 35.0 Å². The standard InChI is InChI=1S/C27H30N2O4/c1-5-6-15-29-24(22-17(4)28-21-10-8-7-9-20(21)22)23(26(31)27(29)32)25(30)18-11-13-19(14-12-18)33-16(2)3/h7-14,16,24,28,30H,5-6,15H2,1-4H3/b25-23+. The van der Waals surface area contributed by atoms with Crippen LogP contribution in [0.4, 0.5) is 0 Å². The van der Waals surface area contributed by atoms with Crippen LogP contribution >= 0.6 is 0 Å². The summed E-state index contributed by atoms with van der Waals surface area (Å²) in [4.78, 5) is 31.3. The average molecular weight is 447 g/mol. The molecule has 2 N–H and O–H groups in total. The lowest BCUT2D eigenvalue weighted by atomic mass is 9.93. The van der Waals surface area contributed by atoms with Crippen LogP contribution in [0.3, 0.4) is 0 Å². The SMILES string of the molecule is CCCCN1C(=O)C(=O)/C(=C(/O)c2ccc(OC(C)C)cc2)C1c1c(C)[nH]c2ccccc12. The number of rotatable bonds is 7. The van der Waals surface area contributed by atoms with Crippen LogP contribution in [0.15, 0.2) is 54.1 Å². The van der Waals surface area contributed by atoms with Crippen LogP contribution in [0.5, 0.6) is 5.75 Å². The van der Waals surface area contributed by atoms with Gasteiger partial charge in [0.25, 0.3) is 11.7 Å².